The molecule has 2 aromatic rings. The molecule has 0 unspecified atom stereocenters. The molecule has 3 nitrogen and oxygen atoms in total. The fourth-order valence-corrected chi connectivity index (χ4v) is 2.96. The SMILES string of the molecule is O=C(Nc1ccccc1N1CCCCCC1)c1ccc(F)cc1. The van der Waals surface area contributed by atoms with Crippen LogP contribution in [0.2, 0.25) is 0 Å². The first-order valence-electron chi connectivity index (χ1n) is 8.15. The lowest BCUT2D eigenvalue weighted by Crippen LogP contribution is -2.25. The normalized spacial score (nSPS) is 15.1. The van der Waals surface area contributed by atoms with Crippen LogP contribution in [0.3, 0.4) is 0 Å². The van der Waals surface area contributed by atoms with Gasteiger partial charge in [0.05, 0.1) is 11.4 Å². The van der Waals surface area contributed by atoms with Crippen molar-refractivity contribution in [2.75, 3.05) is 23.3 Å². The molecule has 1 saturated heterocycles. The number of amides is 1. The van der Waals surface area contributed by atoms with E-state index in [9.17, 15) is 9.18 Å². The average Bonchev–Trinajstić information content (AvgIpc) is 2.85. The Labute approximate surface area is 136 Å². The maximum absolute atomic E-state index is 13.0. The van der Waals surface area contributed by atoms with E-state index in [0.717, 1.165) is 24.5 Å². The van der Waals surface area contributed by atoms with E-state index in [1.807, 2.05) is 24.3 Å². The summed E-state index contributed by atoms with van der Waals surface area (Å²) in [6.07, 6.45) is 4.89. The summed E-state index contributed by atoms with van der Waals surface area (Å²) in [7, 11) is 0. The summed E-state index contributed by atoms with van der Waals surface area (Å²) >= 11 is 0. The summed E-state index contributed by atoms with van der Waals surface area (Å²) in [5.41, 5.74) is 2.32. The van der Waals surface area contributed by atoms with Crippen molar-refractivity contribution in [3.8, 4) is 0 Å². The highest BCUT2D eigenvalue weighted by molar-refractivity contribution is 6.05. The van der Waals surface area contributed by atoms with E-state index < -0.39 is 0 Å². The largest absolute Gasteiger partial charge is 0.370 e. The first-order chi connectivity index (χ1) is 11.2. The third-order valence-corrected chi connectivity index (χ3v) is 4.21. The van der Waals surface area contributed by atoms with Gasteiger partial charge < -0.3 is 10.2 Å². The van der Waals surface area contributed by atoms with Gasteiger partial charge in [-0.1, -0.05) is 25.0 Å². The van der Waals surface area contributed by atoms with Crippen LogP contribution in [0.5, 0.6) is 0 Å². The van der Waals surface area contributed by atoms with Crippen molar-refractivity contribution in [1.29, 1.82) is 0 Å². The predicted octanol–water partition coefficient (Wildman–Crippen LogP) is 4.46. The number of rotatable bonds is 3. The molecule has 2 aromatic carbocycles. The monoisotopic (exact) mass is 312 g/mol. The topological polar surface area (TPSA) is 32.3 Å². The molecule has 0 aromatic heterocycles. The van der Waals surface area contributed by atoms with Gasteiger partial charge in [-0.25, -0.2) is 4.39 Å². The van der Waals surface area contributed by atoms with Gasteiger partial charge in [-0.2, -0.15) is 0 Å². The molecule has 23 heavy (non-hydrogen) atoms. The summed E-state index contributed by atoms with van der Waals surface area (Å²) in [4.78, 5) is 14.7. The van der Waals surface area contributed by atoms with Crippen molar-refractivity contribution in [1.82, 2.24) is 0 Å². The number of nitrogens with one attached hydrogen (secondary N) is 1. The zero-order valence-electron chi connectivity index (χ0n) is 13.1. The van der Waals surface area contributed by atoms with Crippen molar-refractivity contribution in [3.63, 3.8) is 0 Å². The lowest BCUT2D eigenvalue weighted by molar-refractivity contribution is 0.102. The number of para-hydroxylation sites is 2. The maximum Gasteiger partial charge on any atom is 0.255 e. The minimum atomic E-state index is -0.341. The molecule has 120 valence electrons. The van der Waals surface area contributed by atoms with E-state index in [1.165, 1.54) is 49.9 Å². The van der Waals surface area contributed by atoms with Gasteiger partial charge in [0, 0.05) is 18.7 Å². The quantitative estimate of drug-likeness (QED) is 0.907. The number of anilines is 2. The van der Waals surface area contributed by atoms with Crippen LogP contribution >= 0.6 is 0 Å². The first kappa shape index (κ1) is 15.5. The number of carbonyl (C=O) groups excluding carboxylic acids is 1. The summed E-state index contributed by atoms with van der Waals surface area (Å²) in [5.74, 6) is -0.557. The lowest BCUT2D eigenvalue weighted by atomic mass is 10.2. The molecule has 1 aliphatic heterocycles. The molecule has 0 spiro atoms. The van der Waals surface area contributed by atoms with Gasteiger partial charge in [0.1, 0.15) is 5.82 Å². The van der Waals surface area contributed by atoms with Crippen LogP contribution in [0.25, 0.3) is 0 Å². The van der Waals surface area contributed by atoms with Gasteiger partial charge in [0.25, 0.3) is 5.91 Å². The molecule has 1 amide bonds. The second-order valence-electron chi connectivity index (χ2n) is 5.88. The molecule has 1 N–H and O–H groups in total. The van der Waals surface area contributed by atoms with E-state index in [2.05, 4.69) is 10.2 Å². The second-order valence-corrected chi connectivity index (χ2v) is 5.88. The molecular formula is C19H21FN2O. The van der Waals surface area contributed by atoms with E-state index in [4.69, 9.17) is 0 Å². The second kappa shape index (κ2) is 7.27. The van der Waals surface area contributed by atoms with Crippen molar-refractivity contribution >= 4 is 17.3 Å². The summed E-state index contributed by atoms with van der Waals surface area (Å²) in [5, 5.41) is 2.96. The predicted molar refractivity (Wildman–Crippen MR) is 91.5 cm³/mol. The number of halogens is 1. The molecule has 0 atom stereocenters. The summed E-state index contributed by atoms with van der Waals surface area (Å²) in [6, 6.07) is 13.5. The average molecular weight is 312 g/mol. The highest BCUT2D eigenvalue weighted by atomic mass is 19.1. The number of hydrogen-bond donors (Lipinski definition) is 1. The highest BCUT2D eigenvalue weighted by Crippen LogP contribution is 2.28. The number of hydrogen-bond acceptors (Lipinski definition) is 2. The molecule has 1 fully saturated rings. The lowest BCUT2D eigenvalue weighted by Gasteiger charge is -2.25. The van der Waals surface area contributed by atoms with Crippen molar-refractivity contribution in [2.45, 2.75) is 25.7 Å². The van der Waals surface area contributed by atoms with Crippen LogP contribution in [0.4, 0.5) is 15.8 Å². The first-order valence-corrected chi connectivity index (χ1v) is 8.15. The van der Waals surface area contributed by atoms with Gasteiger partial charge in [-0.3, -0.25) is 4.79 Å². The molecule has 3 rings (SSSR count). The van der Waals surface area contributed by atoms with Crippen LogP contribution in [-0.2, 0) is 0 Å². The molecule has 0 saturated carbocycles. The highest BCUT2D eigenvalue weighted by Gasteiger charge is 2.15. The standard InChI is InChI=1S/C19H21FN2O/c20-16-11-9-15(10-12-16)19(23)21-17-7-3-4-8-18(17)22-13-5-1-2-6-14-22/h3-4,7-12H,1-2,5-6,13-14H2,(H,21,23). The zero-order chi connectivity index (χ0) is 16.1. The maximum atomic E-state index is 13.0. The van der Waals surface area contributed by atoms with Crippen LogP contribution < -0.4 is 10.2 Å². The molecule has 1 aliphatic rings. The van der Waals surface area contributed by atoms with Crippen LogP contribution in [0.1, 0.15) is 36.0 Å². The Bertz CT molecular complexity index is 661. The molecule has 0 radical (unpaired) electrons. The van der Waals surface area contributed by atoms with E-state index in [1.54, 1.807) is 0 Å². The molecule has 1 heterocycles. The summed E-state index contributed by atoms with van der Waals surface area (Å²) in [6.45, 7) is 2.03. The van der Waals surface area contributed by atoms with Crippen molar-refractivity contribution in [2.24, 2.45) is 0 Å². The molecule has 0 aliphatic carbocycles. The Morgan fingerprint density at radius 1 is 0.913 bits per heavy atom. The smallest absolute Gasteiger partial charge is 0.255 e. The van der Waals surface area contributed by atoms with Crippen LogP contribution in [-0.4, -0.2) is 19.0 Å². The van der Waals surface area contributed by atoms with E-state index in [-0.39, 0.29) is 11.7 Å². The Morgan fingerprint density at radius 3 is 2.26 bits per heavy atom. The minimum Gasteiger partial charge on any atom is -0.370 e. The van der Waals surface area contributed by atoms with Gasteiger partial charge in [-0.15, -0.1) is 0 Å². The van der Waals surface area contributed by atoms with Gasteiger partial charge in [0.15, 0.2) is 0 Å². The Hall–Kier alpha value is -2.36. The van der Waals surface area contributed by atoms with E-state index in [0.29, 0.717) is 5.56 Å². The fourth-order valence-electron chi connectivity index (χ4n) is 2.96. The van der Waals surface area contributed by atoms with E-state index >= 15 is 0 Å². The van der Waals surface area contributed by atoms with Crippen molar-refractivity contribution in [3.05, 3.63) is 59.9 Å². The Morgan fingerprint density at radius 2 is 1.57 bits per heavy atom. The number of nitrogens with zero attached hydrogens (tertiary/aromatic N) is 1. The molecule has 0 bridgehead atoms. The Balaban J connectivity index is 1.79. The summed E-state index contributed by atoms with van der Waals surface area (Å²) < 4.78 is 13.0. The van der Waals surface area contributed by atoms with Crippen LogP contribution in [0, 0.1) is 5.82 Å². The van der Waals surface area contributed by atoms with Gasteiger partial charge in [-0.05, 0) is 49.2 Å². The van der Waals surface area contributed by atoms with Crippen LogP contribution in [0.15, 0.2) is 48.5 Å². The fraction of sp³-hybridized carbons (Fsp3) is 0.316. The number of carbonyl (C=O) groups is 1. The van der Waals surface area contributed by atoms with Gasteiger partial charge in [0.2, 0.25) is 0 Å². The molecule has 4 heteroatoms. The molecular weight excluding hydrogens is 291 g/mol. The zero-order valence-corrected chi connectivity index (χ0v) is 13.1. The van der Waals surface area contributed by atoms with Crippen molar-refractivity contribution < 1.29 is 9.18 Å². The number of benzene rings is 2. The Kier molecular flexibility index (Phi) is 4.91. The third kappa shape index (κ3) is 3.89. The minimum absolute atomic E-state index is 0.215. The van der Waals surface area contributed by atoms with Gasteiger partial charge >= 0.3 is 0 Å². The third-order valence-electron chi connectivity index (χ3n) is 4.21.